The first kappa shape index (κ1) is 16.4. The lowest BCUT2D eigenvalue weighted by Gasteiger charge is -2.36. The Kier molecular flexibility index (Phi) is 5.01. The van der Waals surface area contributed by atoms with E-state index in [9.17, 15) is 12.8 Å². The molecule has 1 aromatic rings. The van der Waals surface area contributed by atoms with Crippen LogP contribution in [0.15, 0.2) is 23.1 Å². The van der Waals surface area contributed by atoms with Gasteiger partial charge in [0.15, 0.2) is 0 Å². The Hall–Kier alpha value is -0.980. The minimum atomic E-state index is -3.68. The Morgan fingerprint density at radius 2 is 2.00 bits per heavy atom. The van der Waals surface area contributed by atoms with Crippen LogP contribution in [0.1, 0.15) is 31.2 Å². The number of nitrogens with zero attached hydrogens (tertiary/aromatic N) is 1. The molecule has 118 valence electrons. The van der Waals surface area contributed by atoms with Crippen LogP contribution in [0.2, 0.25) is 0 Å². The van der Waals surface area contributed by atoms with Gasteiger partial charge in [0.25, 0.3) is 0 Å². The third-order valence-corrected chi connectivity index (χ3v) is 6.34. The van der Waals surface area contributed by atoms with Crippen molar-refractivity contribution in [3.8, 4) is 0 Å². The molecule has 0 bridgehead atoms. The summed E-state index contributed by atoms with van der Waals surface area (Å²) in [6.45, 7) is 2.09. The molecule has 0 radical (unpaired) electrons. The Morgan fingerprint density at radius 1 is 1.33 bits per heavy atom. The second kappa shape index (κ2) is 6.42. The highest BCUT2D eigenvalue weighted by atomic mass is 32.2. The summed E-state index contributed by atoms with van der Waals surface area (Å²) < 4.78 is 40.4. The number of rotatable bonds is 4. The van der Waals surface area contributed by atoms with Gasteiger partial charge < -0.3 is 5.73 Å². The van der Waals surface area contributed by atoms with E-state index in [2.05, 4.69) is 0 Å². The Bertz CT molecular complexity index is 604. The van der Waals surface area contributed by atoms with E-state index >= 15 is 0 Å². The predicted octanol–water partition coefficient (Wildman–Crippen LogP) is 2.27. The fourth-order valence-electron chi connectivity index (χ4n) is 3.02. The summed E-state index contributed by atoms with van der Waals surface area (Å²) in [5, 5.41) is 0. The first-order valence-electron chi connectivity index (χ1n) is 7.32. The molecular formula is C15H23FN2O2S. The molecule has 2 unspecified atom stereocenters. The van der Waals surface area contributed by atoms with Crippen molar-refractivity contribution in [2.45, 2.75) is 43.5 Å². The van der Waals surface area contributed by atoms with Crippen molar-refractivity contribution in [1.29, 1.82) is 0 Å². The lowest BCUT2D eigenvalue weighted by Crippen LogP contribution is -2.45. The van der Waals surface area contributed by atoms with Crippen molar-refractivity contribution in [3.05, 3.63) is 29.6 Å². The van der Waals surface area contributed by atoms with Gasteiger partial charge in [0, 0.05) is 13.1 Å². The molecule has 0 spiro atoms. The van der Waals surface area contributed by atoms with Crippen LogP contribution >= 0.6 is 0 Å². The molecule has 2 rings (SSSR count). The summed E-state index contributed by atoms with van der Waals surface area (Å²) in [6, 6.07) is 3.96. The van der Waals surface area contributed by atoms with Crippen LogP contribution in [0.5, 0.6) is 0 Å². The molecule has 0 aromatic heterocycles. The monoisotopic (exact) mass is 314 g/mol. The molecule has 0 saturated heterocycles. The molecule has 4 nitrogen and oxygen atoms in total. The van der Waals surface area contributed by atoms with Gasteiger partial charge in [-0.3, -0.25) is 0 Å². The van der Waals surface area contributed by atoms with Crippen LogP contribution in [0.3, 0.4) is 0 Å². The van der Waals surface area contributed by atoms with E-state index in [1.165, 1.54) is 16.4 Å². The molecule has 1 aliphatic rings. The van der Waals surface area contributed by atoms with Gasteiger partial charge in [-0.15, -0.1) is 0 Å². The number of sulfonamides is 1. The molecule has 0 aliphatic heterocycles. The minimum absolute atomic E-state index is 0.00875. The summed E-state index contributed by atoms with van der Waals surface area (Å²) in [4.78, 5) is 0.00875. The number of halogens is 1. The zero-order valence-corrected chi connectivity index (χ0v) is 13.4. The van der Waals surface area contributed by atoms with E-state index in [4.69, 9.17) is 5.73 Å². The average Bonchev–Trinajstić information content (AvgIpc) is 2.49. The van der Waals surface area contributed by atoms with Crippen molar-refractivity contribution in [2.24, 2.45) is 11.7 Å². The van der Waals surface area contributed by atoms with E-state index in [0.29, 0.717) is 12.1 Å². The summed E-state index contributed by atoms with van der Waals surface area (Å²) in [6.07, 6.45) is 3.85. The van der Waals surface area contributed by atoms with Crippen molar-refractivity contribution in [1.82, 2.24) is 4.31 Å². The van der Waals surface area contributed by atoms with Crippen molar-refractivity contribution in [2.75, 3.05) is 13.6 Å². The van der Waals surface area contributed by atoms with Crippen LogP contribution in [-0.4, -0.2) is 32.4 Å². The van der Waals surface area contributed by atoms with Gasteiger partial charge in [-0.25, -0.2) is 12.8 Å². The van der Waals surface area contributed by atoms with Gasteiger partial charge in [-0.2, -0.15) is 4.31 Å². The number of nitrogens with two attached hydrogens (primary N) is 1. The normalized spacial score (nSPS) is 23.5. The van der Waals surface area contributed by atoms with Crippen molar-refractivity contribution in [3.63, 3.8) is 0 Å². The van der Waals surface area contributed by atoms with Crippen LogP contribution in [0, 0.1) is 18.7 Å². The number of hydrogen-bond acceptors (Lipinski definition) is 3. The first-order chi connectivity index (χ1) is 9.87. The SMILES string of the molecule is Cc1ccc(S(=O)(=O)N(C)C2CCCCC2CN)cc1F. The maximum Gasteiger partial charge on any atom is 0.243 e. The zero-order chi connectivity index (χ0) is 15.6. The molecule has 21 heavy (non-hydrogen) atoms. The summed E-state index contributed by atoms with van der Waals surface area (Å²) in [5.74, 6) is -0.322. The Morgan fingerprint density at radius 3 is 2.62 bits per heavy atom. The predicted molar refractivity (Wildman–Crippen MR) is 80.9 cm³/mol. The molecule has 1 fully saturated rings. The first-order valence-corrected chi connectivity index (χ1v) is 8.76. The van der Waals surface area contributed by atoms with E-state index in [1.807, 2.05) is 0 Å². The Labute approximate surface area is 126 Å². The standard InChI is InChI=1S/C15H23FN2O2S/c1-11-7-8-13(9-14(11)16)21(19,20)18(2)15-6-4-3-5-12(15)10-17/h7-9,12,15H,3-6,10,17H2,1-2H3. The topological polar surface area (TPSA) is 63.4 Å². The highest BCUT2D eigenvalue weighted by Gasteiger charge is 2.34. The molecular weight excluding hydrogens is 291 g/mol. The van der Waals surface area contributed by atoms with E-state index < -0.39 is 15.8 Å². The minimum Gasteiger partial charge on any atom is -0.330 e. The quantitative estimate of drug-likeness (QED) is 0.927. The number of benzene rings is 1. The van der Waals surface area contributed by atoms with Gasteiger partial charge >= 0.3 is 0 Å². The molecule has 1 aromatic carbocycles. The van der Waals surface area contributed by atoms with E-state index in [0.717, 1.165) is 31.7 Å². The number of hydrogen-bond donors (Lipinski definition) is 1. The third-order valence-electron chi connectivity index (χ3n) is 4.46. The van der Waals surface area contributed by atoms with Gasteiger partial charge in [-0.1, -0.05) is 18.9 Å². The third kappa shape index (κ3) is 3.27. The van der Waals surface area contributed by atoms with Gasteiger partial charge in [0.05, 0.1) is 4.90 Å². The average molecular weight is 314 g/mol. The van der Waals surface area contributed by atoms with Gasteiger partial charge in [0.1, 0.15) is 5.82 Å². The summed E-state index contributed by atoms with van der Waals surface area (Å²) in [5.41, 5.74) is 6.21. The lowest BCUT2D eigenvalue weighted by atomic mass is 9.85. The molecule has 1 aliphatic carbocycles. The molecule has 2 atom stereocenters. The smallest absolute Gasteiger partial charge is 0.243 e. The second-order valence-electron chi connectivity index (χ2n) is 5.78. The fraction of sp³-hybridized carbons (Fsp3) is 0.600. The number of aryl methyl sites for hydroxylation is 1. The summed E-state index contributed by atoms with van der Waals surface area (Å²) in [7, 11) is -2.11. The lowest BCUT2D eigenvalue weighted by molar-refractivity contribution is 0.204. The second-order valence-corrected chi connectivity index (χ2v) is 7.78. The van der Waals surface area contributed by atoms with Crippen LogP contribution in [0.4, 0.5) is 4.39 Å². The zero-order valence-electron chi connectivity index (χ0n) is 12.5. The van der Waals surface area contributed by atoms with E-state index in [-0.39, 0.29) is 16.9 Å². The molecule has 1 saturated carbocycles. The van der Waals surface area contributed by atoms with Crippen molar-refractivity contribution >= 4 is 10.0 Å². The largest absolute Gasteiger partial charge is 0.330 e. The summed E-state index contributed by atoms with van der Waals surface area (Å²) >= 11 is 0. The molecule has 2 N–H and O–H groups in total. The van der Waals surface area contributed by atoms with E-state index in [1.54, 1.807) is 14.0 Å². The van der Waals surface area contributed by atoms with Crippen molar-refractivity contribution < 1.29 is 12.8 Å². The van der Waals surface area contributed by atoms with Crippen LogP contribution in [0.25, 0.3) is 0 Å². The molecule has 6 heteroatoms. The fourth-order valence-corrected chi connectivity index (χ4v) is 4.48. The maximum atomic E-state index is 13.7. The molecule has 0 amide bonds. The highest BCUT2D eigenvalue weighted by molar-refractivity contribution is 7.89. The maximum absolute atomic E-state index is 13.7. The van der Waals surface area contributed by atoms with Crippen LogP contribution in [-0.2, 0) is 10.0 Å². The molecule has 0 heterocycles. The highest BCUT2D eigenvalue weighted by Crippen LogP contribution is 2.30. The van der Waals surface area contributed by atoms with Crippen LogP contribution < -0.4 is 5.73 Å². The Balaban J connectivity index is 2.31. The van der Waals surface area contributed by atoms with Gasteiger partial charge in [0.2, 0.25) is 10.0 Å². The van der Waals surface area contributed by atoms with Gasteiger partial charge in [-0.05, 0) is 49.9 Å².